The molecule has 1 fully saturated rings. The molecule has 1 aliphatic heterocycles. The van der Waals surface area contributed by atoms with Crippen molar-refractivity contribution in [3.8, 4) is 5.75 Å². The fourth-order valence-corrected chi connectivity index (χ4v) is 4.99. The first kappa shape index (κ1) is 25.1. The standard InChI is InChI=1S/C21H33N3O6S/c1-21(2,3)30-20(26)15-23(4)14-19(25)22-16-9-10-17(29-5)18(13-16)31(27,28)24-11-7-6-8-12-24/h9-10,13H,6-8,11-12,14-15H2,1-5H3,(H,22,25). The Labute approximate surface area is 184 Å². The zero-order chi connectivity index (χ0) is 23.2. The van der Waals surface area contributed by atoms with Crippen LogP contribution in [0.1, 0.15) is 40.0 Å². The van der Waals surface area contributed by atoms with Crippen LogP contribution in [0.15, 0.2) is 23.1 Å². The summed E-state index contributed by atoms with van der Waals surface area (Å²) >= 11 is 0. The van der Waals surface area contributed by atoms with E-state index in [2.05, 4.69) is 5.32 Å². The van der Waals surface area contributed by atoms with E-state index in [1.54, 1.807) is 33.9 Å². The molecular formula is C21H33N3O6S. The number of anilines is 1. The number of nitrogens with one attached hydrogen (secondary N) is 1. The molecule has 0 saturated carbocycles. The van der Waals surface area contributed by atoms with Gasteiger partial charge in [-0.3, -0.25) is 14.5 Å². The fourth-order valence-electron chi connectivity index (χ4n) is 3.30. The second-order valence-electron chi connectivity index (χ2n) is 8.64. The summed E-state index contributed by atoms with van der Waals surface area (Å²) in [7, 11) is -0.694. The number of esters is 1. The monoisotopic (exact) mass is 455 g/mol. The highest BCUT2D eigenvalue weighted by Crippen LogP contribution is 2.31. The second kappa shape index (κ2) is 10.4. The topological polar surface area (TPSA) is 105 Å². The smallest absolute Gasteiger partial charge is 0.320 e. The summed E-state index contributed by atoms with van der Waals surface area (Å²) in [5.41, 5.74) is -0.258. The Morgan fingerprint density at radius 1 is 1.13 bits per heavy atom. The van der Waals surface area contributed by atoms with Gasteiger partial charge in [-0.25, -0.2) is 8.42 Å². The molecule has 0 bridgehead atoms. The van der Waals surface area contributed by atoms with Gasteiger partial charge in [0.15, 0.2) is 0 Å². The van der Waals surface area contributed by atoms with Crippen molar-refractivity contribution in [1.29, 1.82) is 0 Å². The molecule has 1 aromatic rings. The molecule has 174 valence electrons. The third-order valence-corrected chi connectivity index (χ3v) is 6.53. The van der Waals surface area contributed by atoms with Crippen molar-refractivity contribution in [1.82, 2.24) is 9.21 Å². The first-order valence-corrected chi connectivity index (χ1v) is 11.7. The van der Waals surface area contributed by atoms with E-state index in [1.165, 1.54) is 28.4 Å². The molecule has 0 unspecified atom stereocenters. The quantitative estimate of drug-likeness (QED) is 0.598. The molecule has 0 radical (unpaired) electrons. The molecule has 1 saturated heterocycles. The molecular weight excluding hydrogens is 422 g/mol. The second-order valence-corrected chi connectivity index (χ2v) is 10.5. The average Bonchev–Trinajstić information content (AvgIpc) is 2.66. The number of nitrogens with zero attached hydrogens (tertiary/aromatic N) is 2. The Kier molecular flexibility index (Phi) is 8.44. The van der Waals surface area contributed by atoms with Gasteiger partial charge in [-0.2, -0.15) is 4.31 Å². The van der Waals surface area contributed by atoms with E-state index in [1.807, 2.05) is 0 Å². The average molecular weight is 456 g/mol. The van der Waals surface area contributed by atoms with Gasteiger partial charge in [-0.1, -0.05) is 6.42 Å². The summed E-state index contributed by atoms with van der Waals surface area (Å²) in [4.78, 5) is 25.9. The third kappa shape index (κ3) is 7.48. The SMILES string of the molecule is COc1ccc(NC(=O)CN(C)CC(=O)OC(C)(C)C)cc1S(=O)(=O)N1CCCCC1. The van der Waals surface area contributed by atoms with Crippen molar-refractivity contribution < 1.29 is 27.5 Å². The van der Waals surface area contributed by atoms with E-state index in [4.69, 9.17) is 9.47 Å². The van der Waals surface area contributed by atoms with Crippen molar-refractivity contribution in [2.45, 2.75) is 50.5 Å². The highest BCUT2D eigenvalue weighted by atomic mass is 32.2. The molecule has 1 N–H and O–H groups in total. The fraction of sp³-hybridized carbons (Fsp3) is 0.619. The minimum absolute atomic E-state index is 0.0248. The molecule has 0 spiro atoms. The molecule has 1 heterocycles. The lowest BCUT2D eigenvalue weighted by molar-refractivity contribution is -0.155. The van der Waals surface area contributed by atoms with Crippen LogP contribution < -0.4 is 10.1 Å². The van der Waals surface area contributed by atoms with Gasteiger partial charge >= 0.3 is 5.97 Å². The van der Waals surface area contributed by atoms with Gasteiger partial charge in [0.2, 0.25) is 15.9 Å². The van der Waals surface area contributed by atoms with Gasteiger partial charge in [0.25, 0.3) is 0 Å². The number of hydrogen-bond acceptors (Lipinski definition) is 7. The van der Waals surface area contributed by atoms with Gasteiger partial charge in [0, 0.05) is 18.8 Å². The predicted octanol–water partition coefficient (Wildman–Crippen LogP) is 2.08. The normalized spacial score (nSPS) is 15.5. The summed E-state index contributed by atoms with van der Waals surface area (Å²) in [5.74, 6) is -0.578. The number of sulfonamides is 1. The number of carbonyl (C=O) groups is 2. The summed E-state index contributed by atoms with van der Waals surface area (Å²) < 4.78 is 38.1. The van der Waals surface area contributed by atoms with Crippen LogP contribution in [-0.2, 0) is 24.3 Å². The van der Waals surface area contributed by atoms with Crippen LogP contribution >= 0.6 is 0 Å². The number of methoxy groups -OCH3 is 1. The Hall–Kier alpha value is -2.17. The Morgan fingerprint density at radius 2 is 1.77 bits per heavy atom. The van der Waals surface area contributed by atoms with Crippen LogP contribution in [-0.4, -0.2) is 75.4 Å². The van der Waals surface area contributed by atoms with Crippen LogP contribution in [0.4, 0.5) is 5.69 Å². The van der Waals surface area contributed by atoms with E-state index < -0.39 is 21.6 Å². The van der Waals surface area contributed by atoms with Crippen molar-refractivity contribution >= 4 is 27.6 Å². The summed E-state index contributed by atoms with van der Waals surface area (Å²) in [6.07, 6.45) is 2.65. The molecule has 1 amide bonds. The molecule has 0 atom stereocenters. The van der Waals surface area contributed by atoms with Crippen molar-refractivity contribution in [2.24, 2.45) is 0 Å². The largest absolute Gasteiger partial charge is 0.495 e. The van der Waals surface area contributed by atoms with Crippen LogP contribution in [0, 0.1) is 0 Å². The van der Waals surface area contributed by atoms with Gasteiger partial charge in [0.05, 0.1) is 20.2 Å². The highest BCUT2D eigenvalue weighted by Gasteiger charge is 2.29. The lowest BCUT2D eigenvalue weighted by Crippen LogP contribution is -2.37. The Morgan fingerprint density at radius 3 is 2.35 bits per heavy atom. The molecule has 9 nitrogen and oxygen atoms in total. The van der Waals surface area contributed by atoms with E-state index in [0.29, 0.717) is 18.8 Å². The maximum Gasteiger partial charge on any atom is 0.320 e. The molecule has 2 rings (SSSR count). The van der Waals surface area contributed by atoms with Crippen molar-refractivity contribution in [3.05, 3.63) is 18.2 Å². The third-order valence-electron chi connectivity index (χ3n) is 4.61. The lowest BCUT2D eigenvalue weighted by atomic mass is 10.2. The first-order chi connectivity index (χ1) is 14.4. The zero-order valence-corrected chi connectivity index (χ0v) is 19.8. The number of benzene rings is 1. The van der Waals surface area contributed by atoms with Gasteiger partial charge in [0.1, 0.15) is 16.2 Å². The predicted molar refractivity (Wildman–Crippen MR) is 118 cm³/mol. The van der Waals surface area contributed by atoms with E-state index in [0.717, 1.165) is 19.3 Å². The minimum Gasteiger partial charge on any atom is -0.495 e. The summed E-state index contributed by atoms with van der Waals surface area (Å²) in [5, 5.41) is 2.69. The summed E-state index contributed by atoms with van der Waals surface area (Å²) in [6, 6.07) is 4.52. The van der Waals surface area contributed by atoms with Gasteiger partial charge in [-0.05, 0) is 58.9 Å². The van der Waals surface area contributed by atoms with Crippen LogP contribution in [0.5, 0.6) is 5.75 Å². The molecule has 1 aliphatic rings. The molecule has 31 heavy (non-hydrogen) atoms. The van der Waals surface area contributed by atoms with Crippen LogP contribution in [0.2, 0.25) is 0 Å². The van der Waals surface area contributed by atoms with E-state index in [-0.39, 0.29) is 29.6 Å². The number of carbonyl (C=O) groups excluding carboxylic acids is 2. The lowest BCUT2D eigenvalue weighted by Gasteiger charge is -2.26. The van der Waals surface area contributed by atoms with Crippen molar-refractivity contribution in [3.63, 3.8) is 0 Å². The molecule has 0 aliphatic carbocycles. The molecule has 0 aromatic heterocycles. The minimum atomic E-state index is -3.73. The first-order valence-electron chi connectivity index (χ1n) is 10.3. The maximum absolute atomic E-state index is 13.1. The maximum atomic E-state index is 13.1. The Bertz CT molecular complexity index is 889. The zero-order valence-electron chi connectivity index (χ0n) is 18.9. The highest BCUT2D eigenvalue weighted by molar-refractivity contribution is 7.89. The summed E-state index contributed by atoms with van der Waals surface area (Å²) in [6.45, 7) is 6.17. The number of piperidine rings is 1. The molecule has 1 aromatic carbocycles. The Balaban J connectivity index is 2.07. The van der Waals surface area contributed by atoms with Gasteiger partial charge < -0.3 is 14.8 Å². The number of hydrogen-bond donors (Lipinski definition) is 1. The number of amides is 1. The van der Waals surface area contributed by atoms with E-state index >= 15 is 0 Å². The number of ether oxygens (including phenoxy) is 2. The number of rotatable bonds is 8. The van der Waals surface area contributed by atoms with Crippen LogP contribution in [0.3, 0.4) is 0 Å². The van der Waals surface area contributed by atoms with E-state index in [9.17, 15) is 18.0 Å². The molecule has 10 heteroatoms. The van der Waals surface area contributed by atoms with Crippen LogP contribution in [0.25, 0.3) is 0 Å². The van der Waals surface area contributed by atoms with Crippen molar-refractivity contribution in [2.75, 3.05) is 45.7 Å². The number of likely N-dealkylation sites (N-methyl/N-ethyl adjacent to an activating group) is 1. The van der Waals surface area contributed by atoms with Gasteiger partial charge in [-0.15, -0.1) is 0 Å².